The first-order chi connectivity index (χ1) is 72.0. The summed E-state index contributed by atoms with van der Waals surface area (Å²) in [4.78, 5) is 112. The summed E-state index contributed by atoms with van der Waals surface area (Å²) < 4.78 is 12.3. The monoisotopic (exact) mass is 2020 g/mol. The van der Waals surface area contributed by atoms with E-state index >= 15 is 0 Å². The van der Waals surface area contributed by atoms with Crippen LogP contribution in [0.25, 0.3) is 80.7 Å². The van der Waals surface area contributed by atoms with E-state index in [2.05, 4.69) is 106 Å². The number of carbonyl (C=O) groups excluding carboxylic acids is 6. The average Bonchev–Trinajstić information content (AvgIpc) is 1.66. The van der Waals surface area contributed by atoms with Gasteiger partial charge < -0.3 is 52.9 Å². The van der Waals surface area contributed by atoms with E-state index in [0.29, 0.717) is 105 Å². The van der Waals surface area contributed by atoms with Crippen molar-refractivity contribution < 1.29 is 54.3 Å². The summed E-state index contributed by atoms with van der Waals surface area (Å²) in [6, 6.07) is 58.9. The maximum absolute atomic E-state index is 12.8. The number of fused-ring (bicyclic) bond motifs is 6. The van der Waals surface area contributed by atoms with Crippen LogP contribution in [0, 0.1) is 71.0 Å². The molecular formula is C115H126N24O11. The number of imidazole rings is 6. The molecule has 35 heteroatoms. The van der Waals surface area contributed by atoms with Crippen molar-refractivity contribution in [3.05, 3.63) is 232 Å². The number of carbonyl (C=O) groups is 6. The Morgan fingerprint density at radius 2 is 0.620 bits per heavy atom. The molecule has 8 aliphatic carbocycles. The summed E-state index contributed by atoms with van der Waals surface area (Å²) in [5.74, 6) is 2.07. The van der Waals surface area contributed by atoms with E-state index in [1.807, 2.05) is 127 Å². The van der Waals surface area contributed by atoms with Crippen LogP contribution < -0.4 is 31.9 Å². The molecule has 0 saturated heterocycles. The van der Waals surface area contributed by atoms with Gasteiger partial charge in [-0.1, -0.05) is 99.1 Å². The minimum Gasteiger partial charge on any atom is -0.390 e. The van der Waals surface area contributed by atoms with Gasteiger partial charge in [0.15, 0.2) is 17.1 Å². The third kappa shape index (κ3) is 24.6. The largest absolute Gasteiger partial charge is 0.390 e. The molecule has 4 atom stereocenters. The lowest BCUT2D eigenvalue weighted by Gasteiger charge is -2.42. The minimum absolute atomic E-state index is 0.00811. The van der Waals surface area contributed by atoms with Gasteiger partial charge in [-0.05, 0) is 289 Å². The van der Waals surface area contributed by atoms with Crippen molar-refractivity contribution >= 4 is 154 Å². The molecule has 8 aromatic carbocycles. The van der Waals surface area contributed by atoms with Crippen molar-refractivity contribution in [2.45, 2.75) is 294 Å². The van der Waals surface area contributed by atoms with E-state index in [1.54, 1.807) is 107 Å². The van der Waals surface area contributed by atoms with Crippen LogP contribution in [-0.4, -0.2) is 135 Å². The number of nitrogens with zero attached hydrogens (tertiary/aromatic N) is 18. The average molecular weight is 2020 g/mol. The van der Waals surface area contributed by atoms with Crippen molar-refractivity contribution in [3.63, 3.8) is 0 Å². The quantitative estimate of drug-likeness (QED) is 0.0213. The summed E-state index contributed by atoms with van der Waals surface area (Å²) >= 11 is 0. The van der Waals surface area contributed by atoms with Crippen LogP contribution >= 0.6 is 0 Å². The molecule has 14 aromatic rings. The van der Waals surface area contributed by atoms with E-state index in [9.17, 15) is 64.8 Å². The highest BCUT2D eigenvalue weighted by molar-refractivity contribution is 5.98. The predicted octanol–water partition coefficient (Wildman–Crippen LogP) is 22.4. The molecule has 1 unspecified atom stereocenters. The van der Waals surface area contributed by atoms with Gasteiger partial charge in [-0.3, -0.25) is 60.7 Å². The van der Waals surface area contributed by atoms with Crippen molar-refractivity contribution in [2.24, 2.45) is 17.3 Å². The highest BCUT2D eigenvalue weighted by Gasteiger charge is 2.44. The van der Waals surface area contributed by atoms with Gasteiger partial charge in [0.2, 0.25) is 71.1 Å². The summed E-state index contributed by atoms with van der Waals surface area (Å²) in [7, 11) is 0. The lowest BCUT2D eigenvalue weighted by Crippen LogP contribution is -2.40. The molecule has 6 amide bonds. The Hall–Kier alpha value is -15.9. The first-order valence-electron chi connectivity index (χ1n) is 51.9. The third-order valence-corrected chi connectivity index (χ3v) is 30.2. The molecule has 0 spiro atoms. The van der Waals surface area contributed by atoms with Crippen LogP contribution in [0.3, 0.4) is 0 Å². The van der Waals surface area contributed by atoms with E-state index in [1.165, 1.54) is 12.8 Å². The summed E-state index contributed by atoms with van der Waals surface area (Å²) in [6.45, 7) is 34.0. The molecule has 22 rings (SSSR count). The van der Waals surface area contributed by atoms with Crippen LogP contribution in [-0.2, 0) is 28.8 Å². The number of aromatic nitrogens is 12. The smallest absolute Gasteiger partial charge is 0.230 e. The fourth-order valence-corrected chi connectivity index (χ4v) is 20.0. The Morgan fingerprint density at radius 1 is 0.367 bits per heavy atom. The Kier molecular flexibility index (Phi) is 32.0. The molecule has 8 fully saturated rings. The summed E-state index contributed by atoms with van der Waals surface area (Å²) in [5, 5.41) is 95.4. The Morgan fingerprint density at radius 3 is 0.853 bits per heavy atom. The number of hydrogen-bond acceptors (Lipinski definition) is 20. The Bertz CT molecular complexity index is 7370. The lowest BCUT2D eigenvalue weighted by molar-refractivity contribution is -0.125. The van der Waals surface area contributed by atoms with Gasteiger partial charge in [0.1, 0.15) is 0 Å². The van der Waals surface area contributed by atoms with Gasteiger partial charge >= 0.3 is 0 Å². The van der Waals surface area contributed by atoms with Gasteiger partial charge in [-0.25, -0.2) is 44.4 Å². The van der Waals surface area contributed by atoms with Gasteiger partial charge in [0.25, 0.3) is 0 Å². The van der Waals surface area contributed by atoms with Crippen molar-refractivity contribution in [2.75, 3.05) is 31.9 Å². The van der Waals surface area contributed by atoms with Crippen molar-refractivity contribution in [1.29, 1.82) is 15.8 Å². The Labute approximate surface area is 869 Å². The van der Waals surface area contributed by atoms with Crippen LogP contribution in [0.2, 0.25) is 0 Å². The molecule has 150 heavy (non-hydrogen) atoms. The number of aliphatic hydroxyl groups excluding tert-OH is 2. The second-order valence-corrected chi connectivity index (χ2v) is 42.6. The number of nitrogens with one attached hydrogen (secondary N) is 6. The summed E-state index contributed by atoms with van der Waals surface area (Å²) in [5.41, 5.74) is 11.9. The molecule has 6 heterocycles. The molecule has 0 radical (unpaired) electrons. The highest BCUT2D eigenvalue weighted by Crippen LogP contribution is 2.50. The van der Waals surface area contributed by atoms with E-state index in [0.717, 1.165) is 201 Å². The molecule has 35 nitrogen and oxygen atoms in total. The fraction of sp³-hybridized carbons (Fsp3) is 0.426. The molecule has 772 valence electrons. The van der Waals surface area contributed by atoms with Gasteiger partial charge in [-0.15, -0.1) is 0 Å². The minimum atomic E-state index is -1.06. The molecule has 8 saturated carbocycles. The first kappa shape index (κ1) is 105. The molecule has 8 aliphatic rings. The number of benzene rings is 8. The maximum atomic E-state index is 12.8. The van der Waals surface area contributed by atoms with Crippen molar-refractivity contribution in [1.82, 2.24) is 57.3 Å². The van der Waals surface area contributed by atoms with Crippen LogP contribution in [0.15, 0.2) is 170 Å². The second-order valence-electron chi connectivity index (χ2n) is 42.6. The summed E-state index contributed by atoms with van der Waals surface area (Å²) in [6.07, 6.45) is 23.2. The fourth-order valence-electron chi connectivity index (χ4n) is 20.0. The molecule has 0 bridgehead atoms. The van der Waals surface area contributed by atoms with Crippen molar-refractivity contribution in [3.8, 4) is 18.2 Å². The van der Waals surface area contributed by atoms with Gasteiger partial charge in [-0.2, -0.15) is 15.8 Å². The standard InChI is InChI=1S/2C21H20N4O2.C20H24N4O.C19H22N4O2.2C17H20N4O2/c2*22-13-14-9-10-17-18(11-14)25(16-7-4-8-16)21(23-17)24-20(27)12-19(26)15-5-2-1-3-6-15;1-13(20(2)10-5-11-20)18(25)23-19-22-16-9-8-14(21-3)12-17(16)24(19)15-6-4-7-15;1-19(25,13-6-7-13)10-17(24)22-18-21-15-8-5-12(11-20)9-16(15)23(18)14-3-2-4-14;2*1-17(2,23)10-15(22)20-16-19-13-8-7-11(18-3)9-14(13)21(16)12-5-4-6-12/h2*1-3,5-6,9-11,16,19,26H,4,7-8,12H2,(H,23,24,27);8-9,12-13,15H,4-7,10-11H2,1-2H3,(H,22,23,25);5,8-9,13-14,25H,2-4,6-7,10H2,1H3,(H,21,22,24);2*7-9,12,23H,4-6,10H2,1-2H3,(H,19,20,22)/t2*19-;13-;;;/m101.../s1. The zero-order valence-electron chi connectivity index (χ0n) is 85.5. The molecule has 0 aliphatic heterocycles. The zero-order valence-corrected chi connectivity index (χ0v) is 85.5. The SMILES string of the molecule is CC(O)(CC(=O)Nc1nc2ccc(C#N)cc2n1C1CCC1)C1CC1.N#Cc1ccc2nc(NC(=O)C[C@@H](O)c3ccccc3)n(C3CCC3)c2c1.N#Cc1ccc2nc(NC(=O)C[C@H](O)c3ccccc3)n(C3CCC3)c2c1.[C-]#[N+]c1ccc2nc(NC(=O)CC(C)(C)O)n(C3CCC3)c2c1.[C-]#[N+]c1ccc2nc(NC(=O)CC(C)(C)O)n(C3CCC3)c2c1.[C-]#[N+]c1ccc2nc(NC(=O)[C@@H](C)C3(C)CCC3)n(C3CCC3)c2c1. The van der Waals surface area contributed by atoms with Gasteiger partial charge in [0, 0.05) is 42.2 Å². The van der Waals surface area contributed by atoms with E-state index < -0.39 is 29.0 Å². The Balaban J connectivity index is 0.000000123. The van der Waals surface area contributed by atoms with Gasteiger partial charge in [0.05, 0.1) is 182 Å². The van der Waals surface area contributed by atoms with Crippen LogP contribution in [0.5, 0.6) is 0 Å². The van der Waals surface area contributed by atoms with E-state index in [-0.39, 0.29) is 96.9 Å². The first-order valence-corrected chi connectivity index (χ1v) is 51.9. The number of hydrogen-bond donors (Lipinski definition) is 11. The molecule has 11 N–H and O–H groups in total. The third-order valence-electron chi connectivity index (χ3n) is 30.2. The molecule has 6 aromatic heterocycles. The van der Waals surface area contributed by atoms with Crippen LogP contribution in [0.4, 0.5) is 52.8 Å². The highest BCUT2D eigenvalue weighted by atomic mass is 16.3. The normalized spacial score (nSPS) is 16.8. The van der Waals surface area contributed by atoms with E-state index in [4.69, 9.17) is 25.0 Å². The van der Waals surface area contributed by atoms with Crippen LogP contribution in [0.1, 0.15) is 305 Å². The lowest BCUT2D eigenvalue weighted by atomic mass is 9.63. The molecular weight excluding hydrogens is 1890 g/mol. The number of rotatable bonds is 27. The zero-order chi connectivity index (χ0) is 106. The predicted molar refractivity (Wildman–Crippen MR) is 573 cm³/mol. The number of amides is 6. The number of nitriles is 3. The number of aliphatic hydroxyl groups is 5. The number of anilines is 6. The topological polar surface area (TPSA) is 467 Å². The second kappa shape index (κ2) is 45.5. The maximum Gasteiger partial charge on any atom is 0.230 e.